The predicted octanol–water partition coefficient (Wildman–Crippen LogP) is 3.74. The lowest BCUT2D eigenvalue weighted by Gasteiger charge is -2.36. The monoisotopic (exact) mass is 1780 g/mol. The van der Waals surface area contributed by atoms with Crippen molar-refractivity contribution in [2.24, 2.45) is 23.7 Å². The second-order valence-corrected chi connectivity index (χ2v) is 35.4. The number of carboxylic acid groups (broad SMARTS) is 1. The van der Waals surface area contributed by atoms with Crippen molar-refractivity contribution in [3.8, 4) is 11.1 Å². The molecule has 4 aromatic rings. The second kappa shape index (κ2) is 48.0. The fourth-order valence-corrected chi connectivity index (χ4v) is 15.9. The summed E-state index contributed by atoms with van der Waals surface area (Å²) in [5, 5.41) is 25.7. The number of carbonyl (C=O) groups excluding carboxylic acids is 16. The first-order valence-corrected chi connectivity index (χ1v) is 43.6. The van der Waals surface area contributed by atoms with E-state index in [0.717, 1.165) is 56.6 Å². The van der Waals surface area contributed by atoms with Gasteiger partial charge < -0.3 is 85.8 Å². The molecule has 16 amide bonds. The van der Waals surface area contributed by atoms with Gasteiger partial charge in [-0.2, -0.15) is 0 Å². The number of fused-ring (bicyclic) bond motifs is 3. The van der Waals surface area contributed by atoms with E-state index in [0.29, 0.717) is 17.5 Å². The summed E-state index contributed by atoms with van der Waals surface area (Å²) in [6, 6.07) is 18.6. The Bertz CT molecular complexity index is 4560. The molecule has 1 heterocycles. The molecule has 1 aliphatic carbocycles. The van der Waals surface area contributed by atoms with Crippen molar-refractivity contribution in [3.05, 3.63) is 131 Å². The van der Waals surface area contributed by atoms with Crippen LogP contribution < -0.4 is 31.9 Å². The molecule has 1 fully saturated rings. The Morgan fingerprint density at radius 1 is 0.438 bits per heavy atom. The van der Waals surface area contributed by atoms with E-state index >= 15 is 9.59 Å². The molecule has 12 atom stereocenters. The highest BCUT2D eigenvalue weighted by Crippen LogP contribution is 2.45. The predicted molar refractivity (Wildman–Crippen MR) is 479 cm³/mol. The molecule has 0 unspecified atom stereocenters. The van der Waals surface area contributed by atoms with E-state index in [4.69, 9.17) is 4.74 Å². The summed E-state index contributed by atoms with van der Waals surface area (Å²) < 4.78 is 5.80. The Balaban J connectivity index is 1.07. The lowest BCUT2D eigenvalue weighted by atomic mass is 9.98. The van der Waals surface area contributed by atoms with Crippen molar-refractivity contribution in [2.45, 2.75) is 213 Å². The van der Waals surface area contributed by atoms with Crippen LogP contribution in [0.1, 0.15) is 150 Å². The number of amides is 16. The number of nitrogens with zero attached hydrogens (tertiary/aromatic N) is 10. The van der Waals surface area contributed by atoms with Crippen LogP contribution in [0.3, 0.4) is 0 Å². The molecule has 4 aromatic carbocycles. The molecular formula is C93H134N16O19. The summed E-state index contributed by atoms with van der Waals surface area (Å²) in [6.07, 6.45) is -0.651. The maximum atomic E-state index is 15.1. The van der Waals surface area contributed by atoms with E-state index in [-0.39, 0.29) is 75.3 Å². The van der Waals surface area contributed by atoms with Crippen molar-refractivity contribution in [2.75, 3.05) is 103 Å². The van der Waals surface area contributed by atoms with Crippen molar-refractivity contribution < 1.29 is 91.4 Å². The number of rotatable bonds is 44. The average Bonchev–Trinajstić information content (AvgIpc) is 1.61. The number of aliphatic carboxylic acids is 1. The van der Waals surface area contributed by atoms with E-state index in [9.17, 15) is 77.0 Å². The third kappa shape index (κ3) is 28.1. The summed E-state index contributed by atoms with van der Waals surface area (Å²) in [4.78, 5) is 250. The van der Waals surface area contributed by atoms with Crippen LogP contribution in [0, 0.1) is 23.7 Å². The maximum Gasteiger partial charge on any atom is 0.410 e. The van der Waals surface area contributed by atoms with Crippen molar-refractivity contribution >= 4 is 101 Å². The van der Waals surface area contributed by atoms with E-state index in [1.165, 1.54) is 113 Å². The van der Waals surface area contributed by atoms with Gasteiger partial charge in [0.15, 0.2) is 0 Å². The largest absolute Gasteiger partial charge is 0.481 e. The van der Waals surface area contributed by atoms with Crippen LogP contribution in [0.15, 0.2) is 109 Å². The minimum atomic E-state index is -1.38. The van der Waals surface area contributed by atoms with Crippen LogP contribution in [0.4, 0.5) is 4.79 Å². The lowest BCUT2D eigenvalue weighted by molar-refractivity contribution is -0.153. The molecule has 2 aliphatic rings. The van der Waals surface area contributed by atoms with Gasteiger partial charge in [0, 0.05) is 95.8 Å². The minimum Gasteiger partial charge on any atom is -0.481 e. The van der Waals surface area contributed by atoms with Gasteiger partial charge in [-0.05, 0) is 117 Å². The molecule has 35 nitrogen and oxygen atoms in total. The van der Waals surface area contributed by atoms with Gasteiger partial charge in [0.05, 0.1) is 26.1 Å². The van der Waals surface area contributed by atoms with Crippen LogP contribution in [0.5, 0.6) is 0 Å². The highest BCUT2D eigenvalue weighted by molar-refractivity contribution is 6.00. The smallest absolute Gasteiger partial charge is 0.410 e. The van der Waals surface area contributed by atoms with Crippen LogP contribution in [-0.4, -0.2) is 331 Å². The van der Waals surface area contributed by atoms with Gasteiger partial charge in [-0.25, -0.2) is 4.79 Å². The van der Waals surface area contributed by atoms with Crippen LogP contribution >= 0.6 is 0 Å². The van der Waals surface area contributed by atoms with Gasteiger partial charge >= 0.3 is 12.1 Å². The zero-order valence-corrected chi connectivity index (χ0v) is 78.2. The van der Waals surface area contributed by atoms with E-state index in [1.54, 1.807) is 74.5 Å². The van der Waals surface area contributed by atoms with Crippen molar-refractivity contribution in [1.29, 1.82) is 0 Å². The molecule has 0 spiro atoms. The number of carboxylic acids is 1. The first kappa shape index (κ1) is 104. The SMILES string of the molecule is CC(C)C[C@H](NC(=O)[C@H](C)N(C)C(=O)OCC1c2ccccc2-c2ccccc21)C(=O)N(C)CC(=O)N[C@@H](C)C(=O)N[C@@H](CC(C)C)C(=O)N(C)[C@@H](Cc1ccccc1)C(=O)N(C)[C@@H](C)C(=O)NCC(=O)N(C)[C@@H](Cc1ccccc1)C(=O)N1CCC[C@H]1C(=O)N[C@@H](C)C(=O)N(C)[C@@H](CC(C)C)C(=O)NCC(=O)N(C)[C@H](C(=O)N(C)[C@H](CC(=O)O)C(=O)N(C)C)C(C)C. The number of likely N-dealkylation sites (tertiary alicyclic amines) is 1. The van der Waals surface area contributed by atoms with Crippen molar-refractivity contribution in [1.82, 2.24) is 80.9 Å². The number of ether oxygens (including phenoxy) is 1. The number of carbonyl (C=O) groups is 17. The van der Waals surface area contributed by atoms with E-state index in [2.05, 4.69) is 31.9 Å². The van der Waals surface area contributed by atoms with E-state index < -0.39 is 205 Å². The van der Waals surface area contributed by atoms with Crippen LogP contribution in [0.2, 0.25) is 0 Å². The van der Waals surface area contributed by atoms with Gasteiger partial charge in [-0.15, -0.1) is 0 Å². The average molecular weight is 1780 g/mol. The van der Waals surface area contributed by atoms with E-state index in [1.807, 2.05) is 90.1 Å². The first-order chi connectivity index (χ1) is 60.1. The summed E-state index contributed by atoms with van der Waals surface area (Å²) in [7, 11) is 13.8. The van der Waals surface area contributed by atoms with Crippen LogP contribution in [0.25, 0.3) is 11.1 Å². The van der Waals surface area contributed by atoms with Gasteiger partial charge in [0.25, 0.3) is 0 Å². The standard InChI is InChI=1S/C93H134N16O19/c1-54(2)44-69(99-83(117)61(12)103(17)93(127)128-53-68-66-40-31-29-38-64(66)65-39-30-32-41-67(65)68)87(121)101(15)52-76(110)96-58(9)81(115)98-70(45-55(3)4)88(122)106(20)73(47-62-34-25-23-26-35-62)90(124)102(16)60(11)82(116)94-50-77(111)104(18)74(48-63-36-27-24-28-37-63)91(125)109-43-33-42-71(109)85(119)97-59(10)86(120)105(19)72(46-56(5)6)84(118)95-51-78(112)108(22)80(57(7)8)92(126)107(21)75(49-79(113)114)89(123)100(13)14/h23-32,34-41,54-61,68-75,80H,33,42-53H2,1-22H3,(H,94,116)(H,95,118)(H,96,110)(H,97,119)(H,98,115)(H,99,117)(H,113,114)/t58-,59-,60-,61-,69-,70-,71-,72-,73-,74-,75+,80-/m0/s1. The Kier molecular flexibility index (Phi) is 39.2. The van der Waals surface area contributed by atoms with Gasteiger partial charge in [-0.3, -0.25) is 81.6 Å². The Morgan fingerprint density at radius 2 is 0.906 bits per heavy atom. The molecule has 6 rings (SSSR count). The quantitative estimate of drug-likeness (QED) is 0.0331. The maximum absolute atomic E-state index is 15.1. The summed E-state index contributed by atoms with van der Waals surface area (Å²) in [5.41, 5.74) is 5.42. The molecule has 0 radical (unpaired) electrons. The molecule has 0 saturated carbocycles. The molecule has 1 saturated heterocycles. The number of likely N-dealkylation sites (N-methyl/N-ethyl adjacent to an activating group) is 9. The summed E-state index contributed by atoms with van der Waals surface area (Å²) in [6.45, 7) is 18.3. The zero-order chi connectivity index (χ0) is 95.7. The molecule has 7 N–H and O–H groups in total. The molecule has 0 aromatic heterocycles. The number of hydrogen-bond acceptors (Lipinski definition) is 18. The minimum absolute atomic E-state index is 0.0225. The fraction of sp³-hybridized carbons (Fsp3) is 0.559. The van der Waals surface area contributed by atoms with Gasteiger partial charge in [-0.1, -0.05) is 165 Å². The lowest BCUT2D eigenvalue weighted by Crippen LogP contribution is -2.59. The summed E-state index contributed by atoms with van der Waals surface area (Å²) >= 11 is 0. The fourth-order valence-electron chi connectivity index (χ4n) is 15.9. The number of hydrogen-bond donors (Lipinski definition) is 7. The Hall–Kier alpha value is -12.3. The third-order valence-corrected chi connectivity index (χ3v) is 23.7. The molecule has 1 aliphatic heterocycles. The Morgan fingerprint density at radius 3 is 1.42 bits per heavy atom. The molecular weight excluding hydrogens is 1650 g/mol. The third-order valence-electron chi connectivity index (χ3n) is 23.7. The van der Waals surface area contributed by atoms with Crippen molar-refractivity contribution in [3.63, 3.8) is 0 Å². The first-order valence-electron chi connectivity index (χ1n) is 43.6. The molecule has 35 heteroatoms. The highest BCUT2D eigenvalue weighted by Gasteiger charge is 2.45. The normalized spacial score (nSPS) is 15.4. The zero-order valence-electron chi connectivity index (χ0n) is 78.2. The summed E-state index contributed by atoms with van der Waals surface area (Å²) in [5.74, 6) is -13.1. The second-order valence-electron chi connectivity index (χ2n) is 35.4. The van der Waals surface area contributed by atoms with Gasteiger partial charge in [0.1, 0.15) is 79.1 Å². The number of benzene rings is 4. The molecule has 128 heavy (non-hydrogen) atoms. The topological polar surface area (TPSA) is 424 Å². The number of nitrogens with one attached hydrogen (secondary N) is 6. The van der Waals surface area contributed by atoms with Gasteiger partial charge in [0.2, 0.25) is 88.6 Å². The highest BCUT2D eigenvalue weighted by atomic mass is 16.6. The van der Waals surface area contributed by atoms with Crippen LogP contribution in [-0.2, 0) is 94.3 Å². The molecule has 700 valence electrons. The Labute approximate surface area is 751 Å². The molecule has 0 bridgehead atoms.